The van der Waals surface area contributed by atoms with Crippen molar-refractivity contribution in [3.63, 3.8) is 0 Å². The Morgan fingerprint density at radius 1 is 1.35 bits per heavy atom. The number of aliphatic imine (C=N–C) groups is 1. The van der Waals surface area contributed by atoms with E-state index in [4.69, 9.17) is 11.6 Å². The Kier molecular flexibility index (Phi) is 6.89. The van der Waals surface area contributed by atoms with E-state index < -0.39 is 0 Å². The number of hydrogen-bond acceptors (Lipinski definition) is 2. The van der Waals surface area contributed by atoms with Gasteiger partial charge in [0.2, 0.25) is 0 Å². The molecule has 0 spiro atoms. The van der Waals surface area contributed by atoms with Crippen molar-refractivity contribution in [2.24, 2.45) is 4.99 Å². The van der Waals surface area contributed by atoms with Crippen LogP contribution in [0.1, 0.15) is 5.56 Å². The lowest BCUT2D eigenvalue weighted by Crippen LogP contribution is -2.37. The maximum Gasteiger partial charge on any atom is 0.191 e. The summed E-state index contributed by atoms with van der Waals surface area (Å²) in [5, 5.41) is 7.24. The molecule has 1 aromatic carbocycles. The van der Waals surface area contributed by atoms with Crippen LogP contribution in [0.5, 0.6) is 0 Å². The van der Waals surface area contributed by atoms with Gasteiger partial charge in [-0.25, -0.2) is 0 Å². The monoisotopic (exact) mass is 271 g/mol. The summed E-state index contributed by atoms with van der Waals surface area (Å²) in [6.07, 6.45) is 2.08. The molecule has 0 aliphatic carbocycles. The summed E-state index contributed by atoms with van der Waals surface area (Å²) in [7, 11) is 1.76. The molecule has 0 bridgehead atoms. The first-order valence-corrected chi connectivity index (χ1v) is 7.22. The average Bonchev–Trinajstić information content (AvgIpc) is 2.35. The average molecular weight is 272 g/mol. The van der Waals surface area contributed by atoms with Gasteiger partial charge in [0.1, 0.15) is 0 Å². The lowest BCUT2D eigenvalue weighted by Gasteiger charge is -2.12. The SMILES string of the molecule is CN=C(NCCSC)NCc1ccccc1Cl. The predicted octanol–water partition coefficient (Wildman–Crippen LogP) is 2.37. The molecule has 0 aliphatic rings. The van der Waals surface area contributed by atoms with Gasteiger partial charge in [0.05, 0.1) is 0 Å². The Hall–Kier alpha value is -0.870. The molecular formula is C12H18ClN3S. The van der Waals surface area contributed by atoms with Gasteiger partial charge in [-0.1, -0.05) is 29.8 Å². The molecule has 0 fully saturated rings. The third-order valence-electron chi connectivity index (χ3n) is 2.23. The number of hydrogen-bond donors (Lipinski definition) is 2. The van der Waals surface area contributed by atoms with Gasteiger partial charge in [-0.2, -0.15) is 11.8 Å². The van der Waals surface area contributed by atoms with Crippen molar-refractivity contribution in [3.05, 3.63) is 34.9 Å². The summed E-state index contributed by atoms with van der Waals surface area (Å²) < 4.78 is 0. The van der Waals surface area contributed by atoms with Gasteiger partial charge in [-0.3, -0.25) is 4.99 Å². The lowest BCUT2D eigenvalue weighted by atomic mass is 10.2. The fourth-order valence-corrected chi connectivity index (χ4v) is 1.82. The van der Waals surface area contributed by atoms with Gasteiger partial charge in [0.25, 0.3) is 0 Å². The predicted molar refractivity (Wildman–Crippen MR) is 78.0 cm³/mol. The van der Waals surface area contributed by atoms with Crippen LogP contribution in [-0.4, -0.2) is 31.6 Å². The third kappa shape index (κ3) is 5.33. The van der Waals surface area contributed by atoms with Gasteiger partial charge in [-0.15, -0.1) is 0 Å². The highest BCUT2D eigenvalue weighted by molar-refractivity contribution is 7.98. The number of rotatable bonds is 5. The molecular weight excluding hydrogens is 254 g/mol. The molecule has 0 aromatic heterocycles. The molecule has 0 saturated heterocycles. The number of nitrogens with one attached hydrogen (secondary N) is 2. The van der Waals surface area contributed by atoms with E-state index in [0.29, 0.717) is 6.54 Å². The molecule has 17 heavy (non-hydrogen) atoms. The van der Waals surface area contributed by atoms with Gasteiger partial charge in [0, 0.05) is 30.9 Å². The Morgan fingerprint density at radius 2 is 2.12 bits per heavy atom. The first-order chi connectivity index (χ1) is 8.27. The Balaban J connectivity index is 2.40. The molecule has 94 valence electrons. The largest absolute Gasteiger partial charge is 0.356 e. The van der Waals surface area contributed by atoms with Gasteiger partial charge >= 0.3 is 0 Å². The zero-order chi connectivity index (χ0) is 12.5. The minimum Gasteiger partial charge on any atom is -0.356 e. The standard InChI is InChI=1S/C12H18ClN3S/c1-14-12(15-7-8-17-2)16-9-10-5-3-4-6-11(10)13/h3-6H,7-9H2,1-2H3,(H2,14,15,16). The van der Waals surface area contributed by atoms with Crippen LogP contribution in [0.3, 0.4) is 0 Å². The van der Waals surface area contributed by atoms with E-state index in [2.05, 4.69) is 21.9 Å². The number of guanidine groups is 1. The minimum absolute atomic E-state index is 0.679. The molecule has 2 N–H and O–H groups in total. The highest BCUT2D eigenvalue weighted by atomic mass is 35.5. The zero-order valence-electron chi connectivity index (χ0n) is 10.2. The second-order valence-electron chi connectivity index (χ2n) is 3.44. The van der Waals surface area contributed by atoms with E-state index in [0.717, 1.165) is 28.8 Å². The van der Waals surface area contributed by atoms with Crippen molar-refractivity contribution in [1.29, 1.82) is 0 Å². The van der Waals surface area contributed by atoms with Crippen LogP contribution in [0.4, 0.5) is 0 Å². The summed E-state index contributed by atoms with van der Waals surface area (Å²) in [5.74, 6) is 1.87. The van der Waals surface area contributed by atoms with Crippen LogP contribution < -0.4 is 10.6 Å². The van der Waals surface area contributed by atoms with Crippen LogP contribution >= 0.6 is 23.4 Å². The number of benzene rings is 1. The molecule has 0 amide bonds. The van der Waals surface area contributed by atoms with E-state index in [1.807, 2.05) is 24.3 Å². The van der Waals surface area contributed by atoms with Crippen LogP contribution in [0, 0.1) is 0 Å². The molecule has 3 nitrogen and oxygen atoms in total. The maximum atomic E-state index is 6.07. The fourth-order valence-electron chi connectivity index (χ4n) is 1.31. The smallest absolute Gasteiger partial charge is 0.191 e. The van der Waals surface area contributed by atoms with Crippen molar-refractivity contribution >= 4 is 29.3 Å². The van der Waals surface area contributed by atoms with Crippen LogP contribution in [0.15, 0.2) is 29.3 Å². The molecule has 0 unspecified atom stereocenters. The number of halogens is 1. The second-order valence-corrected chi connectivity index (χ2v) is 4.83. The maximum absolute atomic E-state index is 6.07. The summed E-state index contributed by atoms with van der Waals surface area (Å²) in [6.45, 7) is 1.59. The van der Waals surface area contributed by atoms with Gasteiger partial charge in [0.15, 0.2) is 5.96 Å². The van der Waals surface area contributed by atoms with Gasteiger partial charge < -0.3 is 10.6 Å². The van der Waals surface area contributed by atoms with Crippen molar-refractivity contribution in [2.75, 3.05) is 25.6 Å². The molecule has 1 aromatic rings. The minimum atomic E-state index is 0.679. The topological polar surface area (TPSA) is 36.4 Å². The Labute approximate surface area is 112 Å². The number of thioether (sulfide) groups is 1. The highest BCUT2D eigenvalue weighted by Crippen LogP contribution is 2.13. The molecule has 5 heteroatoms. The third-order valence-corrected chi connectivity index (χ3v) is 3.21. The first kappa shape index (κ1) is 14.2. The van der Waals surface area contributed by atoms with E-state index in [1.165, 1.54) is 0 Å². The molecule has 1 rings (SSSR count). The van der Waals surface area contributed by atoms with E-state index in [-0.39, 0.29) is 0 Å². The van der Waals surface area contributed by atoms with E-state index >= 15 is 0 Å². The Bertz CT molecular complexity index is 369. The Morgan fingerprint density at radius 3 is 2.76 bits per heavy atom. The van der Waals surface area contributed by atoms with Crippen LogP contribution in [0.2, 0.25) is 5.02 Å². The van der Waals surface area contributed by atoms with Crippen molar-refractivity contribution in [1.82, 2.24) is 10.6 Å². The molecule has 0 saturated carbocycles. The van der Waals surface area contributed by atoms with E-state index in [1.54, 1.807) is 18.8 Å². The molecule has 0 heterocycles. The summed E-state index contributed by atoms with van der Waals surface area (Å²) in [4.78, 5) is 4.15. The lowest BCUT2D eigenvalue weighted by molar-refractivity contribution is 0.833. The van der Waals surface area contributed by atoms with E-state index in [9.17, 15) is 0 Å². The van der Waals surface area contributed by atoms with Crippen molar-refractivity contribution in [2.45, 2.75) is 6.54 Å². The van der Waals surface area contributed by atoms with Crippen molar-refractivity contribution in [3.8, 4) is 0 Å². The molecule has 0 aliphatic heterocycles. The zero-order valence-corrected chi connectivity index (χ0v) is 11.7. The van der Waals surface area contributed by atoms with Crippen molar-refractivity contribution < 1.29 is 0 Å². The summed E-state index contributed by atoms with van der Waals surface area (Å²) in [5.41, 5.74) is 1.07. The number of nitrogens with zero attached hydrogens (tertiary/aromatic N) is 1. The quantitative estimate of drug-likeness (QED) is 0.490. The molecule has 0 radical (unpaired) electrons. The first-order valence-electron chi connectivity index (χ1n) is 5.44. The van der Waals surface area contributed by atoms with Crippen LogP contribution in [-0.2, 0) is 6.54 Å². The normalized spacial score (nSPS) is 11.4. The van der Waals surface area contributed by atoms with Gasteiger partial charge in [-0.05, 0) is 17.9 Å². The van der Waals surface area contributed by atoms with Crippen LogP contribution in [0.25, 0.3) is 0 Å². The molecule has 0 atom stereocenters. The second kappa shape index (κ2) is 8.25. The summed E-state index contributed by atoms with van der Waals surface area (Å²) in [6, 6.07) is 7.80. The summed E-state index contributed by atoms with van der Waals surface area (Å²) >= 11 is 7.88. The highest BCUT2D eigenvalue weighted by Gasteiger charge is 2.00. The fraction of sp³-hybridized carbons (Fsp3) is 0.417.